The zero-order valence-electron chi connectivity index (χ0n) is 24.0. The number of amides is 4. The maximum Gasteiger partial charge on any atom is 0.255 e. The monoisotopic (exact) mass is 606 g/mol. The number of para-hydroxylation sites is 1. The molecule has 1 unspecified atom stereocenters. The first-order chi connectivity index (χ1) is 21.3. The summed E-state index contributed by atoms with van der Waals surface area (Å²) >= 11 is 0. The molecular weight excluding hydrogens is 571 g/mol. The SMILES string of the molecule is O=C1CC[C@@H](C(=O)NCCOc2ccc(F)cc2)NC(=O)c2ccccc2OCCCNC(=O)C(Cc2ccc(O)cc2)N1. The second-order valence-electron chi connectivity index (χ2n) is 10.1. The third kappa shape index (κ3) is 9.72. The Morgan fingerprint density at radius 1 is 1.00 bits per heavy atom. The molecular formula is C32H35FN4O7. The van der Waals surface area contributed by atoms with E-state index in [0.29, 0.717) is 17.9 Å². The molecule has 0 saturated heterocycles. The normalized spacial score (nSPS) is 18.1. The zero-order chi connectivity index (χ0) is 31.3. The van der Waals surface area contributed by atoms with Gasteiger partial charge in [0, 0.05) is 19.4 Å². The summed E-state index contributed by atoms with van der Waals surface area (Å²) in [5, 5.41) is 20.6. The van der Waals surface area contributed by atoms with Crippen molar-refractivity contribution in [2.24, 2.45) is 0 Å². The van der Waals surface area contributed by atoms with E-state index in [-0.39, 0.29) is 62.8 Å². The van der Waals surface area contributed by atoms with Crippen molar-refractivity contribution >= 4 is 23.6 Å². The minimum Gasteiger partial charge on any atom is -0.508 e. The highest BCUT2D eigenvalue weighted by atomic mass is 19.1. The molecule has 2 atom stereocenters. The number of carbonyl (C=O) groups excluding carboxylic acids is 4. The zero-order valence-corrected chi connectivity index (χ0v) is 24.0. The van der Waals surface area contributed by atoms with Gasteiger partial charge >= 0.3 is 0 Å². The van der Waals surface area contributed by atoms with Crippen molar-refractivity contribution < 1.29 is 38.1 Å². The molecule has 1 aliphatic heterocycles. The molecule has 0 fully saturated rings. The Bertz CT molecular complexity index is 1430. The number of nitrogens with one attached hydrogen (secondary N) is 4. The highest BCUT2D eigenvalue weighted by Gasteiger charge is 2.26. The van der Waals surface area contributed by atoms with E-state index in [4.69, 9.17) is 9.47 Å². The van der Waals surface area contributed by atoms with Crippen LogP contribution < -0.4 is 30.7 Å². The molecule has 0 aliphatic carbocycles. The Balaban J connectivity index is 1.46. The number of benzene rings is 3. The van der Waals surface area contributed by atoms with Gasteiger partial charge in [0.25, 0.3) is 5.91 Å². The van der Waals surface area contributed by atoms with Gasteiger partial charge in [-0.1, -0.05) is 24.3 Å². The summed E-state index contributed by atoms with van der Waals surface area (Å²) in [6.45, 7) is 0.659. The van der Waals surface area contributed by atoms with Crippen molar-refractivity contribution in [2.75, 3.05) is 26.3 Å². The van der Waals surface area contributed by atoms with Crippen molar-refractivity contribution in [2.45, 2.75) is 37.8 Å². The molecule has 3 aromatic carbocycles. The average molecular weight is 607 g/mol. The standard InChI is InChI=1S/C32H35FN4O7/c33-22-8-12-24(13-9-22)43-19-17-35-31(41)26-14-15-29(39)36-27(20-21-6-10-23(38)11-7-21)32(42)34-16-3-18-44-28-5-2-1-4-25(28)30(40)37-26/h1-2,4-13,26-27,38H,3,14-20H2,(H,34,42)(H,35,41)(H,36,39)(H,37,40)/t26-,27?/m0/s1. The van der Waals surface area contributed by atoms with Crippen molar-refractivity contribution in [3.63, 3.8) is 0 Å². The number of rotatable bonds is 7. The van der Waals surface area contributed by atoms with Crippen LogP contribution in [0.1, 0.15) is 35.2 Å². The van der Waals surface area contributed by atoms with Crippen LogP contribution in [0.5, 0.6) is 17.2 Å². The molecule has 12 heteroatoms. The van der Waals surface area contributed by atoms with E-state index < -0.39 is 35.6 Å². The lowest BCUT2D eigenvalue weighted by atomic mass is 10.0. The van der Waals surface area contributed by atoms with Crippen LogP contribution in [0.4, 0.5) is 4.39 Å². The summed E-state index contributed by atoms with van der Waals surface area (Å²) < 4.78 is 24.5. The minimum atomic E-state index is -1.09. The Labute approximate surface area is 254 Å². The van der Waals surface area contributed by atoms with Crippen molar-refractivity contribution in [3.05, 3.63) is 89.7 Å². The van der Waals surface area contributed by atoms with Crippen molar-refractivity contribution in [1.29, 1.82) is 0 Å². The smallest absolute Gasteiger partial charge is 0.255 e. The molecule has 3 aromatic rings. The number of ether oxygens (including phenoxy) is 2. The topological polar surface area (TPSA) is 155 Å². The molecule has 1 aliphatic rings. The van der Waals surface area contributed by atoms with Crippen LogP contribution in [-0.2, 0) is 20.8 Å². The highest BCUT2D eigenvalue weighted by Crippen LogP contribution is 2.19. The maximum atomic E-state index is 13.3. The molecule has 0 saturated carbocycles. The molecule has 1 heterocycles. The number of hydrogen-bond acceptors (Lipinski definition) is 7. The molecule has 232 valence electrons. The summed E-state index contributed by atoms with van der Waals surface area (Å²) in [6, 6.07) is 16.4. The number of fused-ring (bicyclic) bond motifs is 1. The second kappa shape index (κ2) is 15.9. The van der Waals surface area contributed by atoms with Gasteiger partial charge in [-0.3, -0.25) is 19.2 Å². The van der Waals surface area contributed by atoms with Gasteiger partial charge in [-0.15, -0.1) is 0 Å². The Morgan fingerprint density at radius 3 is 2.52 bits per heavy atom. The largest absolute Gasteiger partial charge is 0.508 e. The van der Waals surface area contributed by atoms with Crippen molar-refractivity contribution in [1.82, 2.24) is 21.3 Å². The first-order valence-corrected chi connectivity index (χ1v) is 14.3. The highest BCUT2D eigenvalue weighted by molar-refractivity contribution is 5.99. The molecule has 0 aromatic heterocycles. The molecule has 0 bridgehead atoms. The van der Waals surface area contributed by atoms with Crippen LogP contribution in [0.2, 0.25) is 0 Å². The number of phenols is 1. The number of hydrogen-bond donors (Lipinski definition) is 5. The number of carbonyl (C=O) groups is 4. The third-order valence-corrected chi connectivity index (χ3v) is 6.80. The number of aromatic hydroxyl groups is 1. The Kier molecular flexibility index (Phi) is 11.5. The average Bonchev–Trinajstić information content (AvgIpc) is 3.02. The lowest BCUT2D eigenvalue weighted by Crippen LogP contribution is -2.50. The fraction of sp³-hybridized carbons (Fsp3) is 0.312. The van der Waals surface area contributed by atoms with E-state index in [9.17, 15) is 28.7 Å². The second-order valence-corrected chi connectivity index (χ2v) is 10.1. The van der Waals surface area contributed by atoms with Crippen LogP contribution >= 0.6 is 0 Å². The summed E-state index contributed by atoms with van der Waals surface area (Å²) in [6.07, 6.45) is 0.393. The summed E-state index contributed by atoms with van der Waals surface area (Å²) in [5.74, 6) is -1.52. The number of halogens is 1. The third-order valence-electron chi connectivity index (χ3n) is 6.80. The first-order valence-electron chi connectivity index (χ1n) is 14.3. The van der Waals surface area contributed by atoms with E-state index in [1.807, 2.05) is 0 Å². The predicted octanol–water partition coefficient (Wildman–Crippen LogP) is 2.23. The fourth-order valence-electron chi connectivity index (χ4n) is 4.49. The molecule has 4 amide bonds. The van der Waals surface area contributed by atoms with Crippen LogP contribution in [0.25, 0.3) is 0 Å². The van der Waals surface area contributed by atoms with E-state index in [1.54, 1.807) is 36.4 Å². The van der Waals surface area contributed by atoms with Gasteiger partial charge in [-0.05, 0) is 66.9 Å². The predicted molar refractivity (Wildman–Crippen MR) is 159 cm³/mol. The van der Waals surface area contributed by atoms with Gasteiger partial charge in [0.15, 0.2) is 0 Å². The Hall–Kier alpha value is -5.13. The van der Waals surface area contributed by atoms with E-state index >= 15 is 0 Å². The molecule has 5 N–H and O–H groups in total. The minimum absolute atomic E-state index is 0.0567. The van der Waals surface area contributed by atoms with Crippen LogP contribution in [0.3, 0.4) is 0 Å². The van der Waals surface area contributed by atoms with E-state index in [0.717, 1.165) is 5.56 Å². The summed E-state index contributed by atoms with van der Waals surface area (Å²) in [4.78, 5) is 52.5. The molecule has 0 spiro atoms. The molecule has 4 rings (SSSR count). The molecule has 44 heavy (non-hydrogen) atoms. The van der Waals surface area contributed by atoms with Gasteiger partial charge in [-0.25, -0.2) is 4.39 Å². The maximum absolute atomic E-state index is 13.3. The van der Waals surface area contributed by atoms with Gasteiger partial charge in [0.05, 0.1) is 18.7 Å². The van der Waals surface area contributed by atoms with Crippen molar-refractivity contribution in [3.8, 4) is 17.2 Å². The van der Waals surface area contributed by atoms with Crippen LogP contribution in [0, 0.1) is 5.82 Å². The van der Waals surface area contributed by atoms with Gasteiger partial charge < -0.3 is 35.8 Å². The number of phenolic OH excluding ortho intramolecular Hbond substituents is 1. The van der Waals surface area contributed by atoms with E-state index in [1.165, 1.54) is 36.4 Å². The fourth-order valence-corrected chi connectivity index (χ4v) is 4.49. The quantitative estimate of drug-likeness (QED) is 0.259. The lowest BCUT2D eigenvalue weighted by Gasteiger charge is -2.22. The van der Waals surface area contributed by atoms with Gasteiger partial charge in [-0.2, -0.15) is 0 Å². The van der Waals surface area contributed by atoms with Crippen LogP contribution in [0.15, 0.2) is 72.8 Å². The van der Waals surface area contributed by atoms with Crippen LogP contribution in [-0.4, -0.2) is 67.1 Å². The Morgan fingerprint density at radius 2 is 1.75 bits per heavy atom. The van der Waals surface area contributed by atoms with Gasteiger partial charge in [0.2, 0.25) is 17.7 Å². The summed E-state index contributed by atoms with van der Waals surface area (Å²) in [5.41, 5.74) is 0.949. The first kappa shape index (κ1) is 31.8. The van der Waals surface area contributed by atoms with Gasteiger partial charge in [0.1, 0.15) is 41.8 Å². The molecule has 11 nitrogen and oxygen atoms in total. The molecule has 0 radical (unpaired) electrons. The van der Waals surface area contributed by atoms with E-state index in [2.05, 4.69) is 21.3 Å². The lowest BCUT2D eigenvalue weighted by molar-refractivity contribution is -0.129. The summed E-state index contributed by atoms with van der Waals surface area (Å²) in [7, 11) is 0.